The molecular weight excluding hydrogens is 454 g/mol. The summed E-state index contributed by atoms with van der Waals surface area (Å²) in [7, 11) is 0. The first kappa shape index (κ1) is 22.4. The van der Waals surface area contributed by atoms with E-state index >= 15 is 0 Å². The third-order valence-corrected chi connectivity index (χ3v) is 8.47. The maximum absolute atomic E-state index is 13.3. The molecule has 0 spiro atoms. The summed E-state index contributed by atoms with van der Waals surface area (Å²) in [6.45, 7) is 5.40. The number of rotatable bonds is 6. The minimum Gasteiger partial charge on any atom is -0.374 e. The van der Waals surface area contributed by atoms with Crippen molar-refractivity contribution < 1.29 is 9.53 Å². The van der Waals surface area contributed by atoms with Crippen LogP contribution in [0.25, 0.3) is 20.7 Å². The fraction of sp³-hybridized carbons (Fsp3) is 0.400. The number of fused-ring (bicyclic) bond motifs is 2. The van der Waals surface area contributed by atoms with Crippen LogP contribution >= 0.6 is 23.1 Å². The first-order chi connectivity index (χ1) is 16.2. The van der Waals surface area contributed by atoms with Crippen molar-refractivity contribution in [2.45, 2.75) is 49.5 Å². The largest absolute Gasteiger partial charge is 0.374 e. The predicted molar refractivity (Wildman–Crippen MR) is 134 cm³/mol. The van der Waals surface area contributed by atoms with Gasteiger partial charge in [-0.15, -0.1) is 17.9 Å². The molecule has 8 heteroatoms. The summed E-state index contributed by atoms with van der Waals surface area (Å²) in [5.41, 5.74) is 1.66. The number of thiophene rings is 1. The number of aromatic nitrogens is 2. The van der Waals surface area contributed by atoms with E-state index < -0.39 is 0 Å². The lowest BCUT2D eigenvalue weighted by Gasteiger charge is -2.43. The third kappa shape index (κ3) is 4.52. The molecule has 3 heterocycles. The van der Waals surface area contributed by atoms with Gasteiger partial charge < -0.3 is 9.64 Å². The van der Waals surface area contributed by atoms with E-state index in [2.05, 4.69) is 6.58 Å². The minimum atomic E-state index is -0.0826. The molecule has 6 nitrogen and oxygen atoms in total. The average molecular weight is 482 g/mol. The topological polar surface area (TPSA) is 64.4 Å². The Morgan fingerprint density at radius 1 is 1.27 bits per heavy atom. The molecule has 1 aliphatic carbocycles. The molecule has 1 amide bonds. The average Bonchev–Trinajstić information content (AvgIpc) is 3.29. The molecule has 1 aliphatic heterocycles. The van der Waals surface area contributed by atoms with Crippen LogP contribution in [0, 0.1) is 0 Å². The Balaban J connectivity index is 1.41. The Labute approximate surface area is 201 Å². The summed E-state index contributed by atoms with van der Waals surface area (Å²) in [6, 6.07) is 12.1. The van der Waals surface area contributed by atoms with Gasteiger partial charge in [0.25, 0.3) is 5.56 Å². The second-order valence-corrected chi connectivity index (χ2v) is 10.4. The number of ether oxygens (including phenoxy) is 1. The van der Waals surface area contributed by atoms with Crippen LogP contribution in [0.1, 0.15) is 25.7 Å². The molecule has 2 aliphatic rings. The standard InChI is InChI=1S/C25H27N3O3S2/c1-2-12-28-24(30)23-18(15-21(33-23)17-8-4-3-5-9-17)26-25(28)32-16-22(29)27-13-14-31-20-11-7-6-10-19(20)27/h2-5,8-9,15,19-20H,1,6-7,10-14,16H2. The Morgan fingerprint density at radius 2 is 2.09 bits per heavy atom. The van der Waals surface area contributed by atoms with Crippen LogP contribution in [-0.4, -0.2) is 51.4 Å². The zero-order valence-electron chi connectivity index (χ0n) is 18.4. The number of amides is 1. The SMILES string of the molecule is C=CCn1c(SCC(=O)N2CCOC3CCCCC32)nc2cc(-c3ccccc3)sc2c1=O. The molecule has 1 saturated heterocycles. The lowest BCUT2D eigenvalue weighted by Crippen LogP contribution is -2.55. The van der Waals surface area contributed by atoms with Gasteiger partial charge in [-0.05, 0) is 24.5 Å². The van der Waals surface area contributed by atoms with Gasteiger partial charge in [-0.25, -0.2) is 4.98 Å². The highest BCUT2D eigenvalue weighted by Gasteiger charge is 2.36. The summed E-state index contributed by atoms with van der Waals surface area (Å²) in [5, 5.41) is 0.562. The second kappa shape index (κ2) is 9.83. The third-order valence-electron chi connectivity index (χ3n) is 6.35. The van der Waals surface area contributed by atoms with Crippen molar-refractivity contribution in [3.05, 3.63) is 59.4 Å². The molecule has 2 atom stereocenters. The molecule has 1 saturated carbocycles. The number of hydrogen-bond donors (Lipinski definition) is 0. The molecule has 33 heavy (non-hydrogen) atoms. The molecule has 1 aromatic carbocycles. The predicted octanol–water partition coefficient (Wildman–Crippen LogP) is 4.57. The van der Waals surface area contributed by atoms with Crippen molar-refractivity contribution in [1.29, 1.82) is 0 Å². The maximum atomic E-state index is 13.3. The molecule has 172 valence electrons. The number of benzene rings is 1. The van der Waals surface area contributed by atoms with Gasteiger partial charge in [0.2, 0.25) is 5.91 Å². The van der Waals surface area contributed by atoms with E-state index in [1.165, 1.54) is 29.5 Å². The number of morpholine rings is 1. The van der Waals surface area contributed by atoms with Gasteiger partial charge in [0.05, 0.1) is 30.0 Å². The number of carbonyl (C=O) groups excluding carboxylic acids is 1. The molecule has 3 aromatic rings. The molecule has 2 aromatic heterocycles. The number of allylic oxidation sites excluding steroid dienone is 1. The van der Waals surface area contributed by atoms with Crippen LogP contribution in [0.5, 0.6) is 0 Å². The lowest BCUT2D eigenvalue weighted by molar-refractivity contribution is -0.146. The van der Waals surface area contributed by atoms with E-state index in [0.29, 0.717) is 35.1 Å². The summed E-state index contributed by atoms with van der Waals surface area (Å²) in [6.07, 6.45) is 6.20. The van der Waals surface area contributed by atoms with Crippen LogP contribution in [0.4, 0.5) is 0 Å². The molecule has 2 fully saturated rings. The maximum Gasteiger partial charge on any atom is 0.272 e. The lowest BCUT2D eigenvalue weighted by atomic mass is 9.90. The summed E-state index contributed by atoms with van der Waals surface area (Å²) < 4.78 is 8.17. The zero-order valence-corrected chi connectivity index (χ0v) is 20.1. The highest BCUT2D eigenvalue weighted by molar-refractivity contribution is 7.99. The normalized spacial score (nSPS) is 20.5. The van der Waals surface area contributed by atoms with E-state index in [0.717, 1.165) is 29.7 Å². The van der Waals surface area contributed by atoms with Crippen molar-refractivity contribution in [2.75, 3.05) is 18.9 Å². The minimum absolute atomic E-state index is 0.0826. The van der Waals surface area contributed by atoms with Crippen molar-refractivity contribution >= 4 is 39.2 Å². The van der Waals surface area contributed by atoms with Gasteiger partial charge in [0.1, 0.15) is 4.70 Å². The van der Waals surface area contributed by atoms with E-state index in [9.17, 15) is 9.59 Å². The molecule has 5 rings (SSSR count). The summed E-state index contributed by atoms with van der Waals surface area (Å²) in [4.78, 5) is 34.2. The van der Waals surface area contributed by atoms with Crippen molar-refractivity contribution in [3.63, 3.8) is 0 Å². The van der Waals surface area contributed by atoms with Crippen LogP contribution in [0.2, 0.25) is 0 Å². The van der Waals surface area contributed by atoms with Crippen LogP contribution < -0.4 is 5.56 Å². The Hall–Kier alpha value is -2.42. The number of hydrogen-bond acceptors (Lipinski definition) is 6. The van der Waals surface area contributed by atoms with Gasteiger partial charge in [0, 0.05) is 18.0 Å². The molecule has 0 radical (unpaired) electrons. The smallest absolute Gasteiger partial charge is 0.272 e. The van der Waals surface area contributed by atoms with Crippen LogP contribution in [0.15, 0.2) is 59.0 Å². The van der Waals surface area contributed by atoms with Gasteiger partial charge in [-0.1, -0.05) is 61.0 Å². The Bertz CT molecular complexity index is 1220. The number of thioether (sulfide) groups is 1. The Morgan fingerprint density at radius 3 is 2.91 bits per heavy atom. The van der Waals surface area contributed by atoms with Crippen molar-refractivity contribution in [2.24, 2.45) is 0 Å². The summed E-state index contributed by atoms with van der Waals surface area (Å²) in [5.74, 6) is 0.351. The summed E-state index contributed by atoms with van der Waals surface area (Å²) >= 11 is 2.80. The van der Waals surface area contributed by atoms with Crippen molar-refractivity contribution in [1.82, 2.24) is 14.5 Å². The van der Waals surface area contributed by atoms with Crippen molar-refractivity contribution in [3.8, 4) is 10.4 Å². The number of nitrogens with zero attached hydrogens (tertiary/aromatic N) is 3. The fourth-order valence-electron chi connectivity index (χ4n) is 4.75. The molecule has 0 N–H and O–H groups in total. The van der Waals surface area contributed by atoms with Gasteiger partial charge >= 0.3 is 0 Å². The molecule has 2 unspecified atom stereocenters. The highest BCUT2D eigenvalue weighted by atomic mass is 32.2. The van der Waals surface area contributed by atoms with Gasteiger partial charge in [0.15, 0.2) is 5.16 Å². The van der Waals surface area contributed by atoms with E-state index in [4.69, 9.17) is 9.72 Å². The molecular formula is C25H27N3O3S2. The van der Waals surface area contributed by atoms with E-state index in [1.54, 1.807) is 10.6 Å². The second-order valence-electron chi connectivity index (χ2n) is 8.43. The zero-order chi connectivity index (χ0) is 22.8. The number of carbonyl (C=O) groups is 1. The van der Waals surface area contributed by atoms with Gasteiger partial charge in [-0.2, -0.15) is 0 Å². The van der Waals surface area contributed by atoms with Gasteiger partial charge in [-0.3, -0.25) is 14.2 Å². The fourth-order valence-corrected chi connectivity index (χ4v) is 6.70. The quantitative estimate of drug-likeness (QED) is 0.293. The van der Waals surface area contributed by atoms with Crippen LogP contribution in [0.3, 0.4) is 0 Å². The van der Waals surface area contributed by atoms with Crippen LogP contribution in [-0.2, 0) is 16.1 Å². The first-order valence-corrected chi connectivity index (χ1v) is 13.2. The molecule has 0 bridgehead atoms. The Kier molecular flexibility index (Phi) is 6.66. The van der Waals surface area contributed by atoms with E-state index in [1.807, 2.05) is 41.3 Å². The highest BCUT2D eigenvalue weighted by Crippen LogP contribution is 2.33. The van der Waals surface area contributed by atoms with E-state index in [-0.39, 0.29) is 29.4 Å². The first-order valence-electron chi connectivity index (χ1n) is 11.4. The monoisotopic (exact) mass is 481 g/mol.